The second-order valence-corrected chi connectivity index (χ2v) is 4.16. The maximum Gasteiger partial charge on any atom is 0.326 e. The van der Waals surface area contributed by atoms with Crippen LogP contribution in [-0.4, -0.2) is 23.0 Å². The number of carbonyl (C=O) groups is 2. The number of carboxylic acid groups (broad SMARTS) is 1. The first-order chi connectivity index (χ1) is 7.91. The van der Waals surface area contributed by atoms with Crippen LogP contribution in [0.25, 0.3) is 0 Å². The first-order valence-electron chi connectivity index (χ1n) is 5.31. The molecule has 92 valence electrons. The van der Waals surface area contributed by atoms with Crippen molar-refractivity contribution in [3.8, 4) is 0 Å². The van der Waals surface area contributed by atoms with Gasteiger partial charge in [-0.25, -0.2) is 4.79 Å². The highest BCUT2D eigenvalue weighted by molar-refractivity contribution is 5.96. The first-order valence-corrected chi connectivity index (χ1v) is 5.31. The monoisotopic (exact) mass is 236 g/mol. The lowest BCUT2D eigenvalue weighted by atomic mass is 10.0. The fraction of sp³-hybridized carbons (Fsp3) is 0.333. The molecule has 5 heteroatoms. The van der Waals surface area contributed by atoms with Crippen LogP contribution in [0.5, 0.6) is 0 Å². The number of benzene rings is 1. The molecule has 1 atom stereocenters. The molecule has 0 heterocycles. The van der Waals surface area contributed by atoms with Gasteiger partial charge in [0.1, 0.15) is 6.04 Å². The molecule has 0 aliphatic heterocycles. The molecule has 0 unspecified atom stereocenters. The lowest BCUT2D eigenvalue weighted by Gasteiger charge is -2.17. The molecule has 0 radical (unpaired) electrons. The Hall–Kier alpha value is -2.04. The Kier molecular flexibility index (Phi) is 4.09. The van der Waals surface area contributed by atoms with Gasteiger partial charge in [0.15, 0.2) is 0 Å². The van der Waals surface area contributed by atoms with Gasteiger partial charge < -0.3 is 16.2 Å². The lowest BCUT2D eigenvalue weighted by Crippen LogP contribution is -2.44. The van der Waals surface area contributed by atoms with Crippen LogP contribution >= 0.6 is 0 Å². The minimum Gasteiger partial charge on any atom is -0.480 e. The zero-order valence-corrected chi connectivity index (χ0v) is 9.81. The summed E-state index contributed by atoms with van der Waals surface area (Å²) in [6, 6.07) is 5.42. The molecule has 0 aliphatic rings. The van der Waals surface area contributed by atoms with E-state index in [4.69, 9.17) is 10.8 Å². The summed E-state index contributed by atoms with van der Waals surface area (Å²) in [6.07, 6.45) is 0. The number of nitrogen functional groups attached to an aromatic ring is 1. The van der Waals surface area contributed by atoms with Crippen LogP contribution in [-0.2, 0) is 4.79 Å². The number of anilines is 1. The maximum absolute atomic E-state index is 11.8. The molecule has 0 aromatic heterocycles. The summed E-state index contributed by atoms with van der Waals surface area (Å²) in [6.45, 7) is 3.48. The van der Waals surface area contributed by atoms with Gasteiger partial charge in [-0.2, -0.15) is 0 Å². The predicted molar refractivity (Wildman–Crippen MR) is 64.6 cm³/mol. The predicted octanol–water partition coefficient (Wildman–Crippen LogP) is 1.11. The van der Waals surface area contributed by atoms with Crippen molar-refractivity contribution in [1.29, 1.82) is 0 Å². The molecule has 0 saturated carbocycles. The largest absolute Gasteiger partial charge is 0.480 e. The highest BCUT2D eigenvalue weighted by atomic mass is 16.4. The van der Waals surface area contributed by atoms with Crippen LogP contribution in [0.15, 0.2) is 24.3 Å². The van der Waals surface area contributed by atoms with Crippen molar-refractivity contribution in [2.75, 3.05) is 5.73 Å². The summed E-state index contributed by atoms with van der Waals surface area (Å²) in [5, 5.41) is 11.4. The Morgan fingerprint density at radius 3 is 2.18 bits per heavy atom. The highest BCUT2D eigenvalue weighted by Crippen LogP contribution is 2.07. The zero-order valence-electron chi connectivity index (χ0n) is 9.81. The number of carboxylic acids is 1. The van der Waals surface area contributed by atoms with Crippen LogP contribution in [0.1, 0.15) is 24.2 Å². The van der Waals surface area contributed by atoms with E-state index in [1.165, 1.54) is 0 Å². The molecule has 1 rings (SSSR count). The molecule has 0 fully saturated rings. The third kappa shape index (κ3) is 3.48. The Bertz CT molecular complexity index is 412. The van der Waals surface area contributed by atoms with Crippen molar-refractivity contribution in [1.82, 2.24) is 5.32 Å². The fourth-order valence-electron chi connectivity index (χ4n) is 1.37. The quantitative estimate of drug-likeness (QED) is 0.683. The summed E-state index contributed by atoms with van der Waals surface area (Å²) < 4.78 is 0. The van der Waals surface area contributed by atoms with E-state index in [0.29, 0.717) is 11.3 Å². The van der Waals surface area contributed by atoms with Crippen molar-refractivity contribution in [2.24, 2.45) is 5.92 Å². The van der Waals surface area contributed by atoms with Crippen LogP contribution in [0.3, 0.4) is 0 Å². The molecule has 1 aromatic carbocycles. The molecule has 0 saturated heterocycles. The number of nitrogens with two attached hydrogens (primary N) is 1. The molecule has 1 aromatic rings. The van der Waals surface area contributed by atoms with Crippen molar-refractivity contribution >= 4 is 17.6 Å². The van der Waals surface area contributed by atoms with E-state index >= 15 is 0 Å². The summed E-state index contributed by atoms with van der Waals surface area (Å²) in [5.74, 6) is -1.62. The minimum absolute atomic E-state index is 0.176. The standard InChI is InChI=1S/C12H16N2O3/c1-7(2)10(12(16)17)14-11(15)8-3-5-9(13)6-4-8/h3-7,10H,13H2,1-2H3,(H,14,15)(H,16,17)/t10-/m0/s1. The average molecular weight is 236 g/mol. The lowest BCUT2D eigenvalue weighted by molar-refractivity contribution is -0.140. The van der Waals surface area contributed by atoms with Gasteiger partial charge in [-0.1, -0.05) is 13.8 Å². The number of nitrogens with one attached hydrogen (secondary N) is 1. The van der Waals surface area contributed by atoms with Gasteiger partial charge in [-0.05, 0) is 30.2 Å². The zero-order chi connectivity index (χ0) is 13.0. The fourth-order valence-corrected chi connectivity index (χ4v) is 1.37. The average Bonchev–Trinajstić information content (AvgIpc) is 2.25. The van der Waals surface area contributed by atoms with E-state index in [1.807, 2.05) is 0 Å². The van der Waals surface area contributed by atoms with Crippen LogP contribution < -0.4 is 11.1 Å². The molecular formula is C12H16N2O3. The van der Waals surface area contributed by atoms with Gasteiger partial charge in [0.25, 0.3) is 5.91 Å². The van der Waals surface area contributed by atoms with Gasteiger partial charge in [-0.15, -0.1) is 0 Å². The first kappa shape index (κ1) is 13.0. The van der Waals surface area contributed by atoms with E-state index < -0.39 is 17.9 Å². The van der Waals surface area contributed by atoms with Crippen molar-refractivity contribution < 1.29 is 14.7 Å². The molecule has 1 amide bonds. The van der Waals surface area contributed by atoms with Gasteiger partial charge >= 0.3 is 5.97 Å². The number of rotatable bonds is 4. The van der Waals surface area contributed by atoms with E-state index in [1.54, 1.807) is 38.1 Å². The van der Waals surface area contributed by atoms with E-state index in [-0.39, 0.29) is 5.92 Å². The topological polar surface area (TPSA) is 92.4 Å². The summed E-state index contributed by atoms with van der Waals surface area (Å²) in [5.41, 5.74) is 6.45. The molecule has 4 N–H and O–H groups in total. The summed E-state index contributed by atoms with van der Waals surface area (Å²) in [4.78, 5) is 22.7. The Morgan fingerprint density at radius 2 is 1.76 bits per heavy atom. The second kappa shape index (κ2) is 5.34. The maximum atomic E-state index is 11.8. The number of hydrogen-bond donors (Lipinski definition) is 3. The van der Waals surface area contributed by atoms with Gasteiger partial charge in [0.2, 0.25) is 0 Å². The molecular weight excluding hydrogens is 220 g/mol. The van der Waals surface area contributed by atoms with Crippen LogP contribution in [0.4, 0.5) is 5.69 Å². The number of aliphatic carboxylic acids is 1. The number of amides is 1. The van der Waals surface area contributed by atoms with Crippen molar-refractivity contribution in [3.05, 3.63) is 29.8 Å². The number of hydrogen-bond acceptors (Lipinski definition) is 3. The van der Waals surface area contributed by atoms with Gasteiger partial charge in [0, 0.05) is 11.3 Å². The number of carbonyl (C=O) groups excluding carboxylic acids is 1. The summed E-state index contributed by atoms with van der Waals surface area (Å²) >= 11 is 0. The summed E-state index contributed by atoms with van der Waals surface area (Å²) in [7, 11) is 0. The van der Waals surface area contributed by atoms with Crippen LogP contribution in [0, 0.1) is 5.92 Å². The minimum atomic E-state index is -1.04. The van der Waals surface area contributed by atoms with E-state index in [9.17, 15) is 9.59 Å². The van der Waals surface area contributed by atoms with Crippen LogP contribution in [0.2, 0.25) is 0 Å². The third-order valence-electron chi connectivity index (χ3n) is 2.39. The normalized spacial score (nSPS) is 12.2. The SMILES string of the molecule is CC(C)[C@H](NC(=O)c1ccc(N)cc1)C(=O)O. The smallest absolute Gasteiger partial charge is 0.326 e. The Balaban J connectivity index is 2.77. The molecule has 0 aliphatic carbocycles. The molecule has 0 bridgehead atoms. The second-order valence-electron chi connectivity index (χ2n) is 4.16. The third-order valence-corrected chi connectivity index (χ3v) is 2.39. The molecule has 17 heavy (non-hydrogen) atoms. The Labute approximate surface area is 99.6 Å². The van der Waals surface area contributed by atoms with E-state index in [0.717, 1.165) is 0 Å². The van der Waals surface area contributed by atoms with Gasteiger partial charge in [0.05, 0.1) is 0 Å². The molecule has 0 spiro atoms. The van der Waals surface area contributed by atoms with Crippen molar-refractivity contribution in [2.45, 2.75) is 19.9 Å². The van der Waals surface area contributed by atoms with Crippen molar-refractivity contribution in [3.63, 3.8) is 0 Å². The highest BCUT2D eigenvalue weighted by Gasteiger charge is 2.23. The molecule has 5 nitrogen and oxygen atoms in total. The van der Waals surface area contributed by atoms with E-state index in [2.05, 4.69) is 5.32 Å². The Morgan fingerprint density at radius 1 is 1.24 bits per heavy atom. The van der Waals surface area contributed by atoms with Gasteiger partial charge in [-0.3, -0.25) is 4.79 Å².